The van der Waals surface area contributed by atoms with E-state index >= 15 is 0 Å². The Morgan fingerprint density at radius 1 is 1.43 bits per heavy atom. The first-order valence-corrected chi connectivity index (χ1v) is 6.24. The summed E-state index contributed by atoms with van der Waals surface area (Å²) in [7, 11) is 0. The van der Waals surface area contributed by atoms with Crippen LogP contribution in [0, 0.1) is 10.5 Å². The van der Waals surface area contributed by atoms with E-state index in [1.54, 1.807) is 0 Å². The second-order valence-electron chi connectivity index (χ2n) is 3.75. The summed E-state index contributed by atoms with van der Waals surface area (Å²) in [6.07, 6.45) is 2.46. The third-order valence-corrected chi connectivity index (χ3v) is 3.56. The average Bonchev–Trinajstić information content (AvgIpc) is 2.13. The molecule has 0 saturated carbocycles. The predicted octanol–water partition coefficient (Wildman–Crippen LogP) is 4.20. The van der Waals surface area contributed by atoms with Gasteiger partial charge in [-0.1, -0.05) is 19.4 Å². The number of hydrogen-bond donors (Lipinski definition) is 1. The normalized spacial score (nSPS) is 12.6. The fourth-order valence-electron chi connectivity index (χ4n) is 1.53. The van der Waals surface area contributed by atoms with Crippen LogP contribution in [0.2, 0.25) is 0 Å². The second kappa shape index (κ2) is 5.59. The van der Waals surface area contributed by atoms with Gasteiger partial charge in [0.25, 0.3) is 0 Å². The monoisotopic (exact) mass is 303 g/mol. The van der Waals surface area contributed by atoms with Crippen LogP contribution >= 0.6 is 22.6 Å². The van der Waals surface area contributed by atoms with Crippen molar-refractivity contribution in [1.82, 2.24) is 0 Å². The van der Waals surface area contributed by atoms with Gasteiger partial charge in [0.1, 0.15) is 0 Å². The van der Waals surface area contributed by atoms with E-state index in [4.69, 9.17) is 0 Å². The summed E-state index contributed by atoms with van der Waals surface area (Å²) >= 11 is 2.38. The lowest BCUT2D eigenvalue weighted by atomic mass is 10.1. The highest BCUT2D eigenvalue weighted by Gasteiger charge is 2.04. The standard InChI is InChI=1S/C12H18IN/c1-4-6-9(2)14-12-8-5-7-11(13)10(12)3/h5,7-9,14H,4,6H2,1-3H3. The zero-order valence-electron chi connectivity index (χ0n) is 9.10. The fraction of sp³-hybridized carbons (Fsp3) is 0.500. The molecule has 0 bridgehead atoms. The molecule has 1 aromatic rings. The minimum Gasteiger partial charge on any atom is -0.382 e. The molecular weight excluding hydrogens is 285 g/mol. The molecule has 14 heavy (non-hydrogen) atoms. The zero-order valence-corrected chi connectivity index (χ0v) is 11.3. The van der Waals surface area contributed by atoms with Gasteiger partial charge in [-0.2, -0.15) is 0 Å². The molecule has 0 fully saturated rings. The lowest BCUT2D eigenvalue weighted by Gasteiger charge is -2.16. The molecule has 0 aromatic heterocycles. The van der Waals surface area contributed by atoms with Gasteiger partial charge in [0.05, 0.1) is 0 Å². The lowest BCUT2D eigenvalue weighted by Crippen LogP contribution is -2.15. The highest BCUT2D eigenvalue weighted by molar-refractivity contribution is 14.1. The van der Waals surface area contributed by atoms with E-state index in [1.165, 1.54) is 27.7 Å². The number of hydrogen-bond acceptors (Lipinski definition) is 1. The first-order valence-electron chi connectivity index (χ1n) is 5.16. The number of halogens is 1. The van der Waals surface area contributed by atoms with E-state index < -0.39 is 0 Å². The molecule has 0 radical (unpaired) electrons. The molecule has 0 saturated heterocycles. The van der Waals surface area contributed by atoms with Crippen molar-refractivity contribution in [3.8, 4) is 0 Å². The molecule has 0 aliphatic heterocycles. The van der Waals surface area contributed by atoms with Gasteiger partial charge in [0, 0.05) is 15.3 Å². The highest BCUT2D eigenvalue weighted by Crippen LogP contribution is 2.21. The van der Waals surface area contributed by atoms with Gasteiger partial charge >= 0.3 is 0 Å². The first-order chi connectivity index (χ1) is 6.65. The minimum atomic E-state index is 0.567. The molecule has 1 atom stereocenters. The third-order valence-electron chi connectivity index (χ3n) is 2.39. The van der Waals surface area contributed by atoms with Crippen molar-refractivity contribution in [2.45, 2.75) is 39.7 Å². The summed E-state index contributed by atoms with van der Waals surface area (Å²) in [5.41, 5.74) is 2.63. The number of benzene rings is 1. The quantitative estimate of drug-likeness (QED) is 0.822. The van der Waals surface area contributed by atoms with Crippen molar-refractivity contribution in [3.63, 3.8) is 0 Å². The van der Waals surface area contributed by atoms with Crippen molar-refractivity contribution in [1.29, 1.82) is 0 Å². The van der Waals surface area contributed by atoms with E-state index in [9.17, 15) is 0 Å². The van der Waals surface area contributed by atoms with Gasteiger partial charge in [0.2, 0.25) is 0 Å². The predicted molar refractivity (Wildman–Crippen MR) is 71.9 cm³/mol. The molecule has 0 aliphatic rings. The summed E-state index contributed by atoms with van der Waals surface area (Å²) in [4.78, 5) is 0. The molecule has 0 heterocycles. The molecule has 0 amide bonds. The molecule has 0 aliphatic carbocycles. The average molecular weight is 303 g/mol. The van der Waals surface area contributed by atoms with E-state index in [2.05, 4.69) is 66.9 Å². The fourth-order valence-corrected chi connectivity index (χ4v) is 2.03. The third kappa shape index (κ3) is 3.15. The first kappa shape index (κ1) is 11.8. The van der Waals surface area contributed by atoms with Crippen LogP contribution in [0.15, 0.2) is 18.2 Å². The molecule has 2 heteroatoms. The molecule has 78 valence electrons. The Hall–Kier alpha value is -0.250. The molecule has 1 aromatic carbocycles. The Labute approximate surface area is 100 Å². The Kier molecular flexibility index (Phi) is 4.72. The van der Waals surface area contributed by atoms with E-state index in [0.717, 1.165) is 0 Å². The maximum absolute atomic E-state index is 3.55. The summed E-state index contributed by atoms with van der Waals surface area (Å²) in [5, 5.41) is 3.55. The number of rotatable bonds is 4. The Morgan fingerprint density at radius 2 is 2.14 bits per heavy atom. The van der Waals surface area contributed by atoms with Crippen LogP contribution in [0.5, 0.6) is 0 Å². The zero-order chi connectivity index (χ0) is 10.6. The van der Waals surface area contributed by atoms with Crippen LogP contribution in [0.3, 0.4) is 0 Å². The van der Waals surface area contributed by atoms with Gasteiger partial charge < -0.3 is 5.32 Å². The largest absolute Gasteiger partial charge is 0.382 e. The van der Waals surface area contributed by atoms with Crippen molar-refractivity contribution in [3.05, 3.63) is 27.3 Å². The van der Waals surface area contributed by atoms with Crippen molar-refractivity contribution in [2.75, 3.05) is 5.32 Å². The van der Waals surface area contributed by atoms with Crippen LogP contribution < -0.4 is 5.32 Å². The van der Waals surface area contributed by atoms with E-state index in [0.29, 0.717) is 6.04 Å². The van der Waals surface area contributed by atoms with Crippen LogP contribution in [0.1, 0.15) is 32.3 Å². The van der Waals surface area contributed by atoms with Gasteiger partial charge in [-0.15, -0.1) is 0 Å². The number of nitrogens with one attached hydrogen (secondary N) is 1. The Bertz CT molecular complexity index is 296. The van der Waals surface area contributed by atoms with Crippen LogP contribution in [0.4, 0.5) is 5.69 Å². The lowest BCUT2D eigenvalue weighted by molar-refractivity contribution is 0.690. The van der Waals surface area contributed by atoms with E-state index in [1.807, 2.05) is 0 Å². The SMILES string of the molecule is CCCC(C)Nc1cccc(I)c1C. The summed E-state index contributed by atoms with van der Waals surface area (Å²) in [6.45, 7) is 6.63. The second-order valence-corrected chi connectivity index (χ2v) is 4.91. The van der Waals surface area contributed by atoms with Gasteiger partial charge in [0.15, 0.2) is 0 Å². The molecular formula is C12H18IN. The Morgan fingerprint density at radius 3 is 2.79 bits per heavy atom. The highest BCUT2D eigenvalue weighted by atomic mass is 127. The summed E-state index contributed by atoms with van der Waals surface area (Å²) in [6, 6.07) is 6.97. The number of anilines is 1. The van der Waals surface area contributed by atoms with Crippen LogP contribution in [0.25, 0.3) is 0 Å². The minimum absolute atomic E-state index is 0.567. The molecule has 1 rings (SSSR count). The smallest absolute Gasteiger partial charge is 0.0382 e. The molecule has 1 nitrogen and oxygen atoms in total. The van der Waals surface area contributed by atoms with Crippen LogP contribution in [-0.2, 0) is 0 Å². The summed E-state index contributed by atoms with van der Waals surface area (Å²) in [5.74, 6) is 0. The Balaban J connectivity index is 2.71. The van der Waals surface area contributed by atoms with Gasteiger partial charge in [-0.25, -0.2) is 0 Å². The van der Waals surface area contributed by atoms with E-state index in [-0.39, 0.29) is 0 Å². The van der Waals surface area contributed by atoms with Crippen molar-refractivity contribution >= 4 is 28.3 Å². The van der Waals surface area contributed by atoms with Crippen molar-refractivity contribution in [2.24, 2.45) is 0 Å². The molecule has 1 N–H and O–H groups in total. The van der Waals surface area contributed by atoms with Crippen molar-refractivity contribution < 1.29 is 0 Å². The van der Waals surface area contributed by atoms with Gasteiger partial charge in [-0.05, 0) is 60.6 Å². The maximum Gasteiger partial charge on any atom is 0.0382 e. The van der Waals surface area contributed by atoms with Crippen LogP contribution in [-0.4, -0.2) is 6.04 Å². The summed E-state index contributed by atoms with van der Waals surface area (Å²) < 4.78 is 1.33. The topological polar surface area (TPSA) is 12.0 Å². The molecule has 0 spiro atoms. The van der Waals surface area contributed by atoms with Gasteiger partial charge in [-0.3, -0.25) is 0 Å². The molecule has 1 unspecified atom stereocenters. The maximum atomic E-state index is 3.55.